The molecule has 0 aliphatic carbocycles. The second-order valence-corrected chi connectivity index (χ2v) is 7.80. The number of hydrogen-bond acceptors (Lipinski definition) is 2. The first-order valence-corrected chi connectivity index (χ1v) is 10.6. The molecule has 3 heterocycles. The second-order valence-electron chi connectivity index (χ2n) is 7.80. The van der Waals surface area contributed by atoms with E-state index in [1.54, 1.807) is 4.90 Å². The molecule has 0 atom stereocenters. The lowest BCUT2D eigenvalue weighted by Crippen LogP contribution is -2.35. The van der Waals surface area contributed by atoms with Gasteiger partial charge in [-0.2, -0.15) is 0 Å². The Morgan fingerprint density at radius 3 is 2.65 bits per heavy atom. The largest absolute Gasteiger partial charge is 0.361 e. The third-order valence-electron chi connectivity index (χ3n) is 5.84. The number of aromatic amines is 1. The number of carbonyl (C=O) groups excluding carboxylic acids is 2. The molecule has 156 valence electrons. The van der Waals surface area contributed by atoms with E-state index < -0.39 is 0 Å². The highest BCUT2D eigenvalue weighted by Crippen LogP contribution is 2.32. The molecule has 2 N–H and O–H groups in total. The normalized spacial score (nSPS) is 12.5. The number of carbonyl (C=O) groups is 2. The van der Waals surface area contributed by atoms with E-state index in [0.29, 0.717) is 13.1 Å². The minimum Gasteiger partial charge on any atom is -0.361 e. The van der Waals surface area contributed by atoms with Crippen LogP contribution in [0.2, 0.25) is 0 Å². The lowest BCUT2D eigenvalue weighted by Gasteiger charge is -2.31. The molecule has 0 fully saturated rings. The molecular weight excluding hydrogens is 388 g/mol. The van der Waals surface area contributed by atoms with Crippen molar-refractivity contribution in [3.05, 3.63) is 84.3 Å². The molecule has 6 nitrogen and oxygen atoms in total. The Balaban J connectivity index is 1.16. The van der Waals surface area contributed by atoms with E-state index in [0.717, 1.165) is 29.0 Å². The van der Waals surface area contributed by atoms with Crippen LogP contribution in [0.4, 0.5) is 5.69 Å². The van der Waals surface area contributed by atoms with Gasteiger partial charge in [0.25, 0.3) is 0 Å². The van der Waals surface area contributed by atoms with Crippen LogP contribution in [0.15, 0.2) is 73.1 Å². The molecule has 0 radical (unpaired) electrons. The van der Waals surface area contributed by atoms with Crippen LogP contribution in [0.5, 0.6) is 0 Å². The molecule has 6 heteroatoms. The second kappa shape index (κ2) is 8.14. The van der Waals surface area contributed by atoms with Gasteiger partial charge < -0.3 is 19.8 Å². The van der Waals surface area contributed by atoms with Gasteiger partial charge in [0.05, 0.1) is 17.9 Å². The van der Waals surface area contributed by atoms with E-state index in [1.165, 1.54) is 10.9 Å². The van der Waals surface area contributed by atoms with Crippen molar-refractivity contribution in [3.8, 4) is 5.69 Å². The number of nitrogens with zero attached hydrogens (tertiary/aromatic N) is 2. The topological polar surface area (TPSA) is 70.1 Å². The predicted molar refractivity (Wildman–Crippen MR) is 121 cm³/mol. The van der Waals surface area contributed by atoms with Gasteiger partial charge in [0, 0.05) is 48.4 Å². The summed E-state index contributed by atoms with van der Waals surface area (Å²) in [5, 5.41) is 4.13. The number of aromatic nitrogens is 2. The van der Waals surface area contributed by atoms with Gasteiger partial charge in [-0.05, 0) is 42.3 Å². The average Bonchev–Trinajstić information content (AvgIpc) is 3.44. The fourth-order valence-corrected chi connectivity index (χ4v) is 4.26. The number of para-hydroxylation sites is 3. The summed E-state index contributed by atoms with van der Waals surface area (Å²) in [6.45, 7) is 1.07. The molecule has 0 bridgehead atoms. The van der Waals surface area contributed by atoms with Gasteiger partial charge >= 0.3 is 0 Å². The zero-order valence-corrected chi connectivity index (χ0v) is 17.2. The van der Waals surface area contributed by atoms with E-state index in [-0.39, 0.29) is 24.7 Å². The third-order valence-corrected chi connectivity index (χ3v) is 5.84. The van der Waals surface area contributed by atoms with Gasteiger partial charge in [0.2, 0.25) is 11.8 Å². The SMILES string of the molecule is O=C(CCC(=O)N1Cc2cccn2-c2ccccc21)NCCc1c[nH]c2ccccc12. The number of anilines is 1. The maximum atomic E-state index is 12.9. The van der Waals surface area contributed by atoms with Crippen LogP contribution >= 0.6 is 0 Å². The Hall–Kier alpha value is -3.80. The van der Waals surface area contributed by atoms with Crippen LogP contribution < -0.4 is 10.2 Å². The zero-order chi connectivity index (χ0) is 21.2. The Kier molecular flexibility index (Phi) is 5.04. The van der Waals surface area contributed by atoms with Gasteiger partial charge in [-0.3, -0.25) is 9.59 Å². The Morgan fingerprint density at radius 2 is 1.74 bits per heavy atom. The van der Waals surface area contributed by atoms with E-state index in [2.05, 4.69) is 20.9 Å². The summed E-state index contributed by atoms with van der Waals surface area (Å²) in [4.78, 5) is 30.3. The quantitative estimate of drug-likeness (QED) is 0.504. The number of hydrogen-bond donors (Lipinski definition) is 2. The number of nitrogens with one attached hydrogen (secondary N) is 2. The first-order valence-electron chi connectivity index (χ1n) is 10.6. The van der Waals surface area contributed by atoms with Crippen molar-refractivity contribution in [2.75, 3.05) is 11.4 Å². The summed E-state index contributed by atoms with van der Waals surface area (Å²) in [7, 11) is 0. The molecule has 0 saturated carbocycles. The summed E-state index contributed by atoms with van der Waals surface area (Å²) < 4.78 is 2.11. The number of H-pyrrole nitrogens is 1. The summed E-state index contributed by atoms with van der Waals surface area (Å²) in [6, 6.07) is 20.0. The zero-order valence-electron chi connectivity index (χ0n) is 17.2. The standard InChI is InChI=1S/C25H24N4O2/c30-24(26-14-13-18-16-27-21-8-2-1-7-20(18)21)11-12-25(31)29-17-19-6-5-15-28(19)22-9-3-4-10-23(22)29/h1-10,15-16,27H,11-14,17H2,(H,26,30). The molecule has 4 aromatic rings. The molecule has 1 aliphatic rings. The fraction of sp³-hybridized carbons (Fsp3) is 0.200. The van der Waals surface area contributed by atoms with Crippen LogP contribution in [-0.2, 0) is 22.6 Å². The third kappa shape index (κ3) is 3.72. The van der Waals surface area contributed by atoms with E-state index in [1.807, 2.05) is 67.0 Å². The summed E-state index contributed by atoms with van der Waals surface area (Å²) in [5.74, 6) is -0.131. The summed E-state index contributed by atoms with van der Waals surface area (Å²) >= 11 is 0. The van der Waals surface area contributed by atoms with Crippen molar-refractivity contribution in [1.82, 2.24) is 14.9 Å². The van der Waals surface area contributed by atoms with Crippen LogP contribution in [0, 0.1) is 0 Å². The van der Waals surface area contributed by atoms with Crippen molar-refractivity contribution < 1.29 is 9.59 Å². The molecular formula is C25H24N4O2. The van der Waals surface area contributed by atoms with Gasteiger partial charge in [-0.15, -0.1) is 0 Å². The predicted octanol–water partition coefficient (Wildman–Crippen LogP) is 3.94. The van der Waals surface area contributed by atoms with Crippen molar-refractivity contribution >= 4 is 28.4 Å². The molecule has 0 unspecified atom stereocenters. The van der Waals surface area contributed by atoms with Gasteiger partial charge in [-0.1, -0.05) is 30.3 Å². The molecule has 1 aliphatic heterocycles. The van der Waals surface area contributed by atoms with Crippen molar-refractivity contribution in [3.63, 3.8) is 0 Å². The number of rotatable bonds is 6. The molecule has 2 amide bonds. The first-order chi connectivity index (χ1) is 15.2. The van der Waals surface area contributed by atoms with Crippen molar-refractivity contribution in [2.45, 2.75) is 25.8 Å². The minimum atomic E-state index is -0.0955. The highest BCUT2D eigenvalue weighted by molar-refractivity contribution is 5.97. The van der Waals surface area contributed by atoms with Gasteiger partial charge in [0.1, 0.15) is 0 Å². The van der Waals surface area contributed by atoms with Crippen LogP contribution in [-0.4, -0.2) is 27.9 Å². The molecule has 2 aromatic carbocycles. The minimum absolute atomic E-state index is 0.0355. The molecule has 2 aromatic heterocycles. The Morgan fingerprint density at radius 1 is 0.935 bits per heavy atom. The number of amides is 2. The van der Waals surface area contributed by atoms with Crippen molar-refractivity contribution in [2.24, 2.45) is 0 Å². The number of benzene rings is 2. The maximum absolute atomic E-state index is 12.9. The summed E-state index contributed by atoms with van der Waals surface area (Å²) in [6.07, 6.45) is 5.13. The number of fused-ring (bicyclic) bond motifs is 4. The molecule has 5 rings (SSSR count). The van der Waals surface area contributed by atoms with E-state index in [4.69, 9.17) is 0 Å². The Labute approximate surface area is 180 Å². The highest BCUT2D eigenvalue weighted by Gasteiger charge is 2.25. The van der Waals surface area contributed by atoms with E-state index >= 15 is 0 Å². The fourth-order valence-electron chi connectivity index (χ4n) is 4.26. The lowest BCUT2D eigenvalue weighted by atomic mass is 10.1. The van der Waals surface area contributed by atoms with E-state index in [9.17, 15) is 9.59 Å². The monoisotopic (exact) mass is 412 g/mol. The van der Waals surface area contributed by atoms with Gasteiger partial charge in [-0.25, -0.2) is 0 Å². The lowest BCUT2D eigenvalue weighted by molar-refractivity contribution is -0.125. The van der Waals surface area contributed by atoms with Crippen LogP contribution in [0.1, 0.15) is 24.1 Å². The average molecular weight is 412 g/mol. The summed E-state index contributed by atoms with van der Waals surface area (Å²) in [5.41, 5.74) is 5.22. The highest BCUT2D eigenvalue weighted by atomic mass is 16.2. The molecule has 31 heavy (non-hydrogen) atoms. The van der Waals surface area contributed by atoms with Crippen molar-refractivity contribution in [1.29, 1.82) is 0 Å². The maximum Gasteiger partial charge on any atom is 0.227 e. The Bertz CT molecular complexity index is 1250. The first kappa shape index (κ1) is 19.2. The molecule has 0 spiro atoms. The van der Waals surface area contributed by atoms with Crippen LogP contribution in [0.3, 0.4) is 0 Å². The molecule has 0 saturated heterocycles. The van der Waals surface area contributed by atoms with Gasteiger partial charge in [0.15, 0.2) is 0 Å². The van der Waals surface area contributed by atoms with Crippen LogP contribution in [0.25, 0.3) is 16.6 Å². The smallest absolute Gasteiger partial charge is 0.227 e.